The number of carbonyl (C=O) groups excluding carboxylic acids is 2. The van der Waals surface area contributed by atoms with Crippen molar-refractivity contribution in [1.82, 2.24) is 4.98 Å². The van der Waals surface area contributed by atoms with E-state index in [9.17, 15) is 9.59 Å². The van der Waals surface area contributed by atoms with Gasteiger partial charge in [0.15, 0.2) is 5.13 Å². The average molecular weight is 339 g/mol. The summed E-state index contributed by atoms with van der Waals surface area (Å²) in [5.41, 5.74) is 1.09. The maximum Gasteiger partial charge on any atom is 0.350 e. The van der Waals surface area contributed by atoms with Crippen LogP contribution in [0.3, 0.4) is 0 Å². The topological polar surface area (TPSA) is 68.3 Å². The quantitative estimate of drug-likeness (QED) is 0.842. The summed E-state index contributed by atoms with van der Waals surface area (Å²) >= 11 is 6.91. The van der Waals surface area contributed by atoms with Crippen LogP contribution in [-0.2, 0) is 11.2 Å². The molecule has 1 aromatic carbocycles. The number of carbonyl (C=O) groups is 2. The molecule has 22 heavy (non-hydrogen) atoms. The van der Waals surface area contributed by atoms with Gasteiger partial charge in [0.1, 0.15) is 4.88 Å². The Kier molecular flexibility index (Phi) is 5.51. The minimum Gasteiger partial charge on any atom is -0.462 e. The van der Waals surface area contributed by atoms with Crippen LogP contribution in [0.25, 0.3) is 0 Å². The zero-order valence-electron chi connectivity index (χ0n) is 12.2. The Bertz CT molecular complexity index is 683. The van der Waals surface area contributed by atoms with E-state index in [1.54, 1.807) is 31.2 Å². The Morgan fingerprint density at radius 2 is 1.95 bits per heavy atom. The maximum atomic E-state index is 12.1. The van der Waals surface area contributed by atoms with Gasteiger partial charge in [-0.3, -0.25) is 10.1 Å². The van der Waals surface area contributed by atoms with Crippen molar-refractivity contribution in [2.24, 2.45) is 0 Å². The number of anilines is 1. The number of esters is 1. The monoisotopic (exact) mass is 338 g/mol. The lowest BCUT2D eigenvalue weighted by atomic mass is 10.2. The van der Waals surface area contributed by atoms with Gasteiger partial charge in [-0.15, -0.1) is 0 Å². The minimum atomic E-state index is -0.413. The lowest BCUT2D eigenvalue weighted by molar-refractivity contribution is 0.0530. The van der Waals surface area contributed by atoms with Crippen LogP contribution in [0.1, 0.15) is 39.6 Å². The van der Waals surface area contributed by atoms with Crippen molar-refractivity contribution in [3.05, 3.63) is 45.4 Å². The number of benzene rings is 1. The third-order valence-corrected chi connectivity index (χ3v) is 4.07. The number of rotatable bonds is 5. The number of nitrogens with one attached hydrogen (secondary N) is 1. The molecule has 0 unspecified atom stereocenters. The van der Waals surface area contributed by atoms with Gasteiger partial charge in [-0.1, -0.05) is 29.9 Å². The standard InChI is InChI=1S/C15H15ClN2O3S/c1-3-11-12(14(20)21-4-2)22-15(17-11)18-13(19)9-5-7-10(16)8-6-9/h5-8H,3-4H2,1-2H3,(H,17,18,19). The predicted molar refractivity (Wildman–Crippen MR) is 86.9 cm³/mol. The van der Waals surface area contributed by atoms with E-state index in [0.717, 1.165) is 11.3 Å². The van der Waals surface area contributed by atoms with Crippen molar-refractivity contribution in [2.45, 2.75) is 20.3 Å². The first kappa shape index (κ1) is 16.5. The number of ether oxygens (including phenoxy) is 1. The fourth-order valence-electron chi connectivity index (χ4n) is 1.77. The van der Waals surface area contributed by atoms with Crippen LogP contribution in [0, 0.1) is 0 Å². The molecule has 0 radical (unpaired) electrons. The van der Waals surface area contributed by atoms with Crippen LogP contribution in [0.2, 0.25) is 5.02 Å². The van der Waals surface area contributed by atoms with Crippen LogP contribution in [0.15, 0.2) is 24.3 Å². The molecule has 0 saturated carbocycles. The van der Waals surface area contributed by atoms with Gasteiger partial charge in [0, 0.05) is 10.6 Å². The highest BCUT2D eigenvalue weighted by molar-refractivity contribution is 7.17. The number of amides is 1. The van der Waals surface area contributed by atoms with Crippen molar-refractivity contribution in [3.8, 4) is 0 Å². The highest BCUT2D eigenvalue weighted by Gasteiger charge is 2.19. The molecule has 7 heteroatoms. The number of hydrogen-bond acceptors (Lipinski definition) is 5. The number of hydrogen-bond donors (Lipinski definition) is 1. The van der Waals surface area contributed by atoms with Gasteiger partial charge < -0.3 is 4.74 Å². The van der Waals surface area contributed by atoms with Crippen molar-refractivity contribution >= 4 is 39.9 Å². The third-order valence-electron chi connectivity index (χ3n) is 2.82. The Morgan fingerprint density at radius 3 is 2.55 bits per heavy atom. The van der Waals surface area contributed by atoms with E-state index in [1.807, 2.05) is 6.92 Å². The highest BCUT2D eigenvalue weighted by Crippen LogP contribution is 2.25. The molecule has 1 N–H and O–H groups in total. The smallest absolute Gasteiger partial charge is 0.350 e. The molecule has 0 aliphatic rings. The number of aromatic nitrogens is 1. The molecule has 0 spiro atoms. The fourth-order valence-corrected chi connectivity index (χ4v) is 2.84. The van der Waals surface area contributed by atoms with Gasteiger partial charge in [0.2, 0.25) is 0 Å². The Balaban J connectivity index is 2.17. The Morgan fingerprint density at radius 1 is 1.27 bits per heavy atom. The summed E-state index contributed by atoms with van der Waals surface area (Å²) in [5, 5.41) is 3.62. The summed E-state index contributed by atoms with van der Waals surface area (Å²) in [6.45, 7) is 3.93. The average Bonchev–Trinajstić information content (AvgIpc) is 2.91. The van der Waals surface area contributed by atoms with Gasteiger partial charge in [-0.2, -0.15) is 0 Å². The first-order valence-corrected chi connectivity index (χ1v) is 7.98. The number of nitrogens with zero attached hydrogens (tertiary/aromatic N) is 1. The normalized spacial score (nSPS) is 10.3. The Hall–Kier alpha value is -1.92. The van der Waals surface area contributed by atoms with E-state index in [0.29, 0.717) is 39.3 Å². The van der Waals surface area contributed by atoms with Gasteiger partial charge in [0.05, 0.1) is 12.3 Å². The van der Waals surface area contributed by atoms with Crippen LogP contribution in [0.4, 0.5) is 5.13 Å². The molecule has 1 heterocycles. The number of halogens is 1. The van der Waals surface area contributed by atoms with Crippen LogP contribution in [0.5, 0.6) is 0 Å². The van der Waals surface area contributed by atoms with Gasteiger partial charge in [0.25, 0.3) is 5.91 Å². The van der Waals surface area contributed by atoms with Crippen LogP contribution < -0.4 is 5.32 Å². The van der Waals surface area contributed by atoms with E-state index < -0.39 is 5.97 Å². The van der Waals surface area contributed by atoms with Crippen molar-refractivity contribution < 1.29 is 14.3 Å². The zero-order chi connectivity index (χ0) is 16.1. The minimum absolute atomic E-state index is 0.298. The fraction of sp³-hybridized carbons (Fsp3) is 0.267. The molecule has 2 rings (SSSR count). The maximum absolute atomic E-state index is 12.1. The Labute approximate surface area is 137 Å². The summed E-state index contributed by atoms with van der Waals surface area (Å²) in [6, 6.07) is 6.52. The van der Waals surface area contributed by atoms with Crippen LogP contribution in [-0.4, -0.2) is 23.5 Å². The molecule has 1 amide bonds. The molecule has 0 atom stereocenters. The highest BCUT2D eigenvalue weighted by atomic mass is 35.5. The van der Waals surface area contributed by atoms with E-state index >= 15 is 0 Å². The second kappa shape index (κ2) is 7.38. The molecule has 2 aromatic rings. The van der Waals surface area contributed by atoms with Gasteiger partial charge >= 0.3 is 5.97 Å². The van der Waals surface area contributed by atoms with Crippen molar-refractivity contribution in [1.29, 1.82) is 0 Å². The second-order valence-corrected chi connectivity index (χ2v) is 5.77. The molecule has 1 aromatic heterocycles. The molecular formula is C15H15ClN2O3S. The molecule has 116 valence electrons. The first-order valence-electron chi connectivity index (χ1n) is 6.78. The SMILES string of the molecule is CCOC(=O)c1sc(NC(=O)c2ccc(Cl)cc2)nc1CC. The number of aryl methyl sites for hydroxylation is 1. The molecule has 5 nitrogen and oxygen atoms in total. The zero-order valence-corrected chi connectivity index (χ0v) is 13.8. The summed E-state index contributed by atoms with van der Waals surface area (Å²) in [6.07, 6.45) is 0.585. The molecular weight excluding hydrogens is 324 g/mol. The number of thiazole rings is 1. The van der Waals surface area contributed by atoms with E-state index in [1.165, 1.54) is 0 Å². The molecule has 0 bridgehead atoms. The van der Waals surface area contributed by atoms with E-state index in [4.69, 9.17) is 16.3 Å². The largest absolute Gasteiger partial charge is 0.462 e. The second-order valence-electron chi connectivity index (χ2n) is 4.33. The molecule has 0 aliphatic heterocycles. The molecule has 0 fully saturated rings. The third kappa shape index (κ3) is 3.84. The van der Waals surface area contributed by atoms with E-state index in [2.05, 4.69) is 10.3 Å². The van der Waals surface area contributed by atoms with Gasteiger partial charge in [-0.25, -0.2) is 9.78 Å². The predicted octanol–water partition coefficient (Wildman–Crippen LogP) is 3.79. The van der Waals surface area contributed by atoms with Crippen LogP contribution >= 0.6 is 22.9 Å². The lowest BCUT2D eigenvalue weighted by Gasteiger charge is -2.01. The molecule has 0 saturated heterocycles. The lowest BCUT2D eigenvalue weighted by Crippen LogP contribution is -2.11. The first-order chi connectivity index (χ1) is 10.5. The van der Waals surface area contributed by atoms with Crippen molar-refractivity contribution in [2.75, 3.05) is 11.9 Å². The van der Waals surface area contributed by atoms with E-state index in [-0.39, 0.29) is 5.91 Å². The molecule has 0 aliphatic carbocycles. The summed E-state index contributed by atoms with van der Waals surface area (Å²) < 4.78 is 4.99. The van der Waals surface area contributed by atoms with Crippen molar-refractivity contribution in [3.63, 3.8) is 0 Å². The summed E-state index contributed by atoms with van der Waals surface area (Å²) in [4.78, 5) is 28.7. The van der Waals surface area contributed by atoms with Gasteiger partial charge in [-0.05, 0) is 37.6 Å². The summed E-state index contributed by atoms with van der Waals surface area (Å²) in [7, 11) is 0. The summed E-state index contributed by atoms with van der Waals surface area (Å²) in [5.74, 6) is -0.715.